The molecule has 0 aliphatic heterocycles. The third-order valence-corrected chi connectivity index (χ3v) is 7.81. The molecule has 0 saturated heterocycles. The zero-order valence-electron chi connectivity index (χ0n) is 27.0. The van der Waals surface area contributed by atoms with E-state index in [1.165, 1.54) is 51.4 Å². The van der Waals surface area contributed by atoms with Crippen LogP contribution in [-0.4, -0.2) is 34.4 Å². The molecular weight excluding hydrogens is 512 g/mol. The van der Waals surface area contributed by atoms with Gasteiger partial charge in [-0.25, -0.2) is 0 Å². The van der Waals surface area contributed by atoms with Crippen molar-refractivity contribution >= 4 is 11.9 Å². The van der Waals surface area contributed by atoms with E-state index in [-0.39, 0.29) is 25.0 Å². The lowest BCUT2D eigenvalue weighted by molar-refractivity contribution is -0.138. The molecule has 0 aromatic carbocycles. The first-order valence-electron chi connectivity index (χ1n) is 17.4. The summed E-state index contributed by atoms with van der Waals surface area (Å²) in [6, 6.07) is 0. The minimum absolute atomic E-state index is 0.281. The standard InChI is InChI=1S/C36H66O5/c1-3-5-7-9-11-15-21-27-33(29-23-17-13-19-25-31-35(37)38)41-34(28-22-16-12-10-8-6-4-2)30-24-18-14-20-26-32-36(39)40/h11-12,15-16,33-34H,3-10,13-14,17-32H2,1-2H3,(H,37,38)(H,39,40)/b15-11+,16-12+. The van der Waals surface area contributed by atoms with Crippen LogP contribution in [0.3, 0.4) is 0 Å². The molecule has 41 heavy (non-hydrogen) atoms. The molecule has 0 aromatic rings. The van der Waals surface area contributed by atoms with Crippen molar-refractivity contribution in [2.75, 3.05) is 0 Å². The quantitative estimate of drug-likeness (QED) is 0.0612. The van der Waals surface area contributed by atoms with Gasteiger partial charge >= 0.3 is 11.9 Å². The lowest BCUT2D eigenvalue weighted by Crippen LogP contribution is -2.22. The van der Waals surface area contributed by atoms with Gasteiger partial charge in [0, 0.05) is 12.8 Å². The molecule has 0 spiro atoms. The van der Waals surface area contributed by atoms with Crippen molar-refractivity contribution in [3.05, 3.63) is 24.3 Å². The van der Waals surface area contributed by atoms with Gasteiger partial charge < -0.3 is 14.9 Å². The molecule has 2 unspecified atom stereocenters. The minimum atomic E-state index is -0.691. The van der Waals surface area contributed by atoms with Crippen molar-refractivity contribution in [3.63, 3.8) is 0 Å². The molecule has 0 bridgehead atoms. The van der Waals surface area contributed by atoms with Crippen LogP contribution >= 0.6 is 0 Å². The number of carbonyl (C=O) groups is 2. The summed E-state index contributed by atoms with van der Waals surface area (Å²) >= 11 is 0. The summed E-state index contributed by atoms with van der Waals surface area (Å²) in [5.41, 5.74) is 0. The number of hydrogen-bond acceptors (Lipinski definition) is 3. The van der Waals surface area contributed by atoms with Crippen molar-refractivity contribution in [3.8, 4) is 0 Å². The third-order valence-electron chi connectivity index (χ3n) is 7.81. The third kappa shape index (κ3) is 31.2. The van der Waals surface area contributed by atoms with E-state index < -0.39 is 11.9 Å². The maximum atomic E-state index is 10.7. The number of carboxylic acids is 2. The van der Waals surface area contributed by atoms with Crippen LogP contribution in [0.4, 0.5) is 0 Å². The summed E-state index contributed by atoms with van der Waals surface area (Å²) in [6.45, 7) is 4.49. The Morgan fingerprint density at radius 1 is 0.488 bits per heavy atom. The van der Waals surface area contributed by atoms with Gasteiger partial charge in [-0.15, -0.1) is 0 Å². The van der Waals surface area contributed by atoms with Gasteiger partial charge in [0.25, 0.3) is 0 Å². The molecule has 5 heteroatoms. The van der Waals surface area contributed by atoms with Crippen LogP contribution in [0.5, 0.6) is 0 Å². The number of unbranched alkanes of at least 4 members (excludes halogenated alkanes) is 14. The Morgan fingerprint density at radius 2 is 0.854 bits per heavy atom. The van der Waals surface area contributed by atoms with E-state index in [2.05, 4.69) is 38.2 Å². The van der Waals surface area contributed by atoms with Gasteiger partial charge in [-0.05, 0) is 77.0 Å². The fourth-order valence-electron chi connectivity index (χ4n) is 5.25. The van der Waals surface area contributed by atoms with E-state index in [0.717, 1.165) is 103 Å². The largest absolute Gasteiger partial charge is 0.481 e. The Balaban J connectivity index is 4.84. The van der Waals surface area contributed by atoms with E-state index in [0.29, 0.717) is 0 Å². The molecule has 0 radical (unpaired) electrons. The number of ether oxygens (including phenoxy) is 1. The van der Waals surface area contributed by atoms with Crippen molar-refractivity contribution in [2.24, 2.45) is 0 Å². The van der Waals surface area contributed by atoms with Crippen molar-refractivity contribution in [1.29, 1.82) is 0 Å². The summed E-state index contributed by atoms with van der Waals surface area (Å²) in [5.74, 6) is -1.38. The highest BCUT2D eigenvalue weighted by molar-refractivity contribution is 5.66. The SMILES string of the molecule is CCCCC/C=C/CCC(CCCCCCCC(=O)O)OC(CC/C=C/CCCCC)CCCCCCCC(=O)O. The number of hydrogen-bond donors (Lipinski definition) is 2. The lowest BCUT2D eigenvalue weighted by Gasteiger charge is -2.25. The van der Waals surface area contributed by atoms with Crippen LogP contribution in [-0.2, 0) is 14.3 Å². The van der Waals surface area contributed by atoms with Gasteiger partial charge in [-0.1, -0.05) is 115 Å². The summed E-state index contributed by atoms with van der Waals surface area (Å²) in [6.07, 6.45) is 37.4. The van der Waals surface area contributed by atoms with Gasteiger partial charge in [0.05, 0.1) is 12.2 Å². The fraction of sp³-hybridized carbons (Fsp3) is 0.833. The maximum Gasteiger partial charge on any atom is 0.303 e. The van der Waals surface area contributed by atoms with Crippen LogP contribution < -0.4 is 0 Å². The molecule has 0 amide bonds. The second-order valence-electron chi connectivity index (χ2n) is 11.9. The van der Waals surface area contributed by atoms with Crippen molar-refractivity contribution in [1.82, 2.24) is 0 Å². The van der Waals surface area contributed by atoms with Crippen LogP contribution in [0, 0.1) is 0 Å². The highest BCUT2D eigenvalue weighted by atomic mass is 16.5. The van der Waals surface area contributed by atoms with Gasteiger partial charge in [0.15, 0.2) is 0 Å². The monoisotopic (exact) mass is 578 g/mol. The zero-order valence-corrected chi connectivity index (χ0v) is 27.0. The highest BCUT2D eigenvalue weighted by Gasteiger charge is 2.16. The normalized spacial score (nSPS) is 13.3. The molecule has 0 aliphatic carbocycles. The van der Waals surface area contributed by atoms with Gasteiger partial charge in [-0.3, -0.25) is 9.59 Å². The highest BCUT2D eigenvalue weighted by Crippen LogP contribution is 2.22. The molecule has 0 heterocycles. The number of rotatable bonds is 32. The van der Waals surface area contributed by atoms with E-state index in [1.54, 1.807) is 0 Å². The Morgan fingerprint density at radius 3 is 1.24 bits per heavy atom. The first-order chi connectivity index (χ1) is 20.0. The van der Waals surface area contributed by atoms with E-state index in [1.807, 2.05) is 0 Å². The Kier molecular flexibility index (Phi) is 30.1. The first-order valence-corrected chi connectivity index (χ1v) is 17.4. The van der Waals surface area contributed by atoms with Crippen LogP contribution in [0.2, 0.25) is 0 Å². The van der Waals surface area contributed by atoms with E-state index >= 15 is 0 Å². The summed E-state index contributed by atoms with van der Waals surface area (Å²) < 4.78 is 6.84. The lowest BCUT2D eigenvalue weighted by atomic mass is 10.0. The molecule has 240 valence electrons. The van der Waals surface area contributed by atoms with Crippen molar-refractivity contribution in [2.45, 2.75) is 193 Å². The predicted octanol–water partition coefficient (Wildman–Crippen LogP) is 11.2. The summed E-state index contributed by atoms with van der Waals surface area (Å²) in [7, 11) is 0. The second-order valence-corrected chi connectivity index (χ2v) is 11.9. The first kappa shape index (κ1) is 39.4. The molecule has 0 aromatic heterocycles. The molecule has 5 nitrogen and oxygen atoms in total. The molecule has 0 aliphatic rings. The average Bonchev–Trinajstić information content (AvgIpc) is 2.94. The van der Waals surface area contributed by atoms with Gasteiger partial charge in [0.1, 0.15) is 0 Å². The second kappa shape index (κ2) is 31.3. The van der Waals surface area contributed by atoms with Crippen molar-refractivity contribution < 1.29 is 24.5 Å². The molecule has 2 N–H and O–H groups in total. The molecular formula is C36H66O5. The fourth-order valence-corrected chi connectivity index (χ4v) is 5.25. The van der Waals surface area contributed by atoms with Crippen LogP contribution in [0.15, 0.2) is 24.3 Å². The molecule has 0 saturated carbocycles. The molecule has 0 rings (SSSR count). The van der Waals surface area contributed by atoms with Gasteiger partial charge in [-0.2, -0.15) is 0 Å². The smallest absolute Gasteiger partial charge is 0.303 e. The molecule has 0 fully saturated rings. The topological polar surface area (TPSA) is 83.8 Å². The maximum absolute atomic E-state index is 10.7. The van der Waals surface area contributed by atoms with E-state index in [9.17, 15) is 9.59 Å². The molecule has 2 atom stereocenters. The predicted molar refractivity (Wildman–Crippen MR) is 174 cm³/mol. The van der Waals surface area contributed by atoms with Crippen LogP contribution in [0.25, 0.3) is 0 Å². The summed E-state index contributed by atoms with van der Waals surface area (Å²) in [5, 5.41) is 17.7. The summed E-state index contributed by atoms with van der Waals surface area (Å²) in [4.78, 5) is 21.5. The number of carboxylic acid groups (broad SMARTS) is 2. The number of allylic oxidation sites excluding steroid dienone is 4. The Bertz CT molecular complexity index is 588. The zero-order chi connectivity index (χ0) is 30.2. The Hall–Kier alpha value is -1.62. The van der Waals surface area contributed by atoms with Gasteiger partial charge in [0.2, 0.25) is 0 Å². The average molecular weight is 579 g/mol. The van der Waals surface area contributed by atoms with Crippen LogP contribution in [0.1, 0.15) is 181 Å². The Labute approximate surface area is 253 Å². The number of aliphatic carboxylic acids is 2. The minimum Gasteiger partial charge on any atom is -0.481 e. The van der Waals surface area contributed by atoms with E-state index in [4.69, 9.17) is 14.9 Å².